The normalized spacial score (nSPS) is 24.8. The van der Waals surface area contributed by atoms with E-state index in [1.165, 1.54) is 24.8 Å². The Kier molecular flexibility index (Phi) is 6.40. The smallest absolute Gasteiger partial charge is 0.161 e. The minimum Gasteiger partial charge on any atom is -0.490 e. The number of hydrogen-bond donors (Lipinski definition) is 1. The summed E-state index contributed by atoms with van der Waals surface area (Å²) in [6.07, 6.45) is 11.0. The van der Waals surface area contributed by atoms with E-state index in [0.717, 1.165) is 50.5 Å². The first-order valence-corrected chi connectivity index (χ1v) is 10.9. The van der Waals surface area contributed by atoms with Gasteiger partial charge in [-0.3, -0.25) is 4.90 Å². The Labute approximate surface area is 173 Å². The molecule has 1 aliphatic heterocycles. The van der Waals surface area contributed by atoms with Crippen LogP contribution in [0.25, 0.3) is 0 Å². The lowest BCUT2D eigenvalue weighted by Gasteiger charge is -2.42. The van der Waals surface area contributed by atoms with E-state index in [9.17, 15) is 5.11 Å². The summed E-state index contributed by atoms with van der Waals surface area (Å²) in [6, 6.07) is 6.28. The van der Waals surface area contributed by atoms with Crippen molar-refractivity contribution in [2.24, 2.45) is 5.41 Å². The van der Waals surface area contributed by atoms with Gasteiger partial charge in [-0.1, -0.05) is 12.5 Å². The van der Waals surface area contributed by atoms with Gasteiger partial charge in [-0.15, -0.1) is 0 Å². The van der Waals surface area contributed by atoms with Crippen LogP contribution in [0.15, 0.2) is 36.9 Å². The highest BCUT2D eigenvalue weighted by molar-refractivity contribution is 5.43. The molecule has 0 radical (unpaired) electrons. The maximum absolute atomic E-state index is 10.5. The van der Waals surface area contributed by atoms with Crippen molar-refractivity contribution >= 4 is 0 Å². The van der Waals surface area contributed by atoms with Crippen molar-refractivity contribution in [1.29, 1.82) is 0 Å². The summed E-state index contributed by atoms with van der Waals surface area (Å²) in [5.74, 6) is 1.60. The van der Waals surface area contributed by atoms with Crippen LogP contribution in [0.3, 0.4) is 0 Å². The van der Waals surface area contributed by atoms with E-state index in [1.807, 2.05) is 23.8 Å². The molecular weight excluding hydrogens is 366 g/mol. The van der Waals surface area contributed by atoms with Gasteiger partial charge in [0.2, 0.25) is 0 Å². The Hall–Kier alpha value is -2.05. The average molecular weight is 400 g/mol. The monoisotopic (exact) mass is 399 g/mol. The molecule has 6 heteroatoms. The number of rotatable bonds is 8. The number of aromatic nitrogens is 2. The molecule has 1 spiro atoms. The number of ether oxygens (including phenoxy) is 2. The summed E-state index contributed by atoms with van der Waals surface area (Å²) in [7, 11) is 0. The number of nitrogens with zero attached hydrogens (tertiary/aromatic N) is 3. The molecule has 0 unspecified atom stereocenters. The quantitative estimate of drug-likeness (QED) is 0.736. The van der Waals surface area contributed by atoms with E-state index in [4.69, 9.17) is 9.47 Å². The van der Waals surface area contributed by atoms with Crippen LogP contribution in [0.1, 0.15) is 44.6 Å². The summed E-state index contributed by atoms with van der Waals surface area (Å²) in [5.41, 5.74) is 1.36. The molecule has 2 aromatic rings. The average Bonchev–Trinajstić information content (AvgIpc) is 3.35. The first-order chi connectivity index (χ1) is 14.2. The molecule has 2 aliphatic rings. The molecule has 6 nitrogen and oxygen atoms in total. The molecule has 2 atom stereocenters. The van der Waals surface area contributed by atoms with Gasteiger partial charge in [0.1, 0.15) is 6.61 Å². The molecule has 4 rings (SSSR count). The van der Waals surface area contributed by atoms with Crippen LogP contribution >= 0.6 is 0 Å². The first-order valence-electron chi connectivity index (χ1n) is 10.9. The standard InChI is InChI=1S/C23H33N3O3/c1-2-28-21-15-19(6-7-20(21)29-14-13-25-12-10-24-18-25)16-26-11-4-9-23(17-26)8-3-5-22(23)27/h6-7,10,12,15,18,22,27H,2-5,8-9,11,13-14,16-17H2,1H3/t22-,23-/m1/s1. The van der Waals surface area contributed by atoms with Crippen LogP contribution in [0.4, 0.5) is 0 Å². The molecule has 1 aromatic heterocycles. The minimum absolute atomic E-state index is 0.122. The number of piperidine rings is 1. The molecule has 1 saturated carbocycles. The third-order valence-corrected chi connectivity index (χ3v) is 6.43. The Morgan fingerprint density at radius 2 is 2.10 bits per heavy atom. The minimum atomic E-state index is -0.129. The summed E-state index contributed by atoms with van der Waals surface area (Å²) in [4.78, 5) is 6.56. The van der Waals surface area contributed by atoms with Gasteiger partial charge >= 0.3 is 0 Å². The van der Waals surface area contributed by atoms with Gasteiger partial charge in [0.05, 0.1) is 25.6 Å². The predicted octanol–water partition coefficient (Wildman–Crippen LogP) is 3.49. The highest BCUT2D eigenvalue weighted by atomic mass is 16.5. The van der Waals surface area contributed by atoms with E-state index < -0.39 is 0 Å². The van der Waals surface area contributed by atoms with Gasteiger partial charge in [-0.25, -0.2) is 4.98 Å². The van der Waals surface area contributed by atoms with E-state index in [2.05, 4.69) is 22.0 Å². The zero-order valence-electron chi connectivity index (χ0n) is 17.4. The second kappa shape index (κ2) is 9.18. The number of aliphatic hydroxyl groups is 1. The van der Waals surface area contributed by atoms with Gasteiger partial charge in [0.25, 0.3) is 0 Å². The van der Waals surface area contributed by atoms with Crippen LogP contribution in [0.5, 0.6) is 11.5 Å². The summed E-state index contributed by atoms with van der Waals surface area (Å²) >= 11 is 0. The molecule has 1 saturated heterocycles. The summed E-state index contributed by atoms with van der Waals surface area (Å²) in [6.45, 7) is 6.93. The van der Waals surface area contributed by atoms with Crippen molar-refractivity contribution < 1.29 is 14.6 Å². The fraction of sp³-hybridized carbons (Fsp3) is 0.609. The van der Waals surface area contributed by atoms with Gasteiger partial charge in [-0.2, -0.15) is 0 Å². The second-order valence-corrected chi connectivity index (χ2v) is 8.45. The molecule has 2 fully saturated rings. The highest BCUT2D eigenvalue weighted by Crippen LogP contribution is 2.45. The zero-order valence-corrected chi connectivity index (χ0v) is 17.4. The molecule has 1 N–H and O–H groups in total. The van der Waals surface area contributed by atoms with Crippen molar-refractivity contribution in [3.05, 3.63) is 42.5 Å². The molecule has 2 heterocycles. The second-order valence-electron chi connectivity index (χ2n) is 8.45. The Morgan fingerprint density at radius 1 is 1.21 bits per heavy atom. The molecular formula is C23H33N3O3. The third-order valence-electron chi connectivity index (χ3n) is 6.43. The van der Waals surface area contributed by atoms with E-state index in [1.54, 1.807) is 12.5 Å². The van der Waals surface area contributed by atoms with Crippen molar-refractivity contribution in [3.8, 4) is 11.5 Å². The number of hydrogen-bond acceptors (Lipinski definition) is 5. The lowest BCUT2D eigenvalue weighted by atomic mass is 9.76. The van der Waals surface area contributed by atoms with Gasteiger partial charge < -0.3 is 19.1 Å². The Balaban J connectivity index is 1.39. The lowest BCUT2D eigenvalue weighted by molar-refractivity contribution is -0.0120. The number of aliphatic hydroxyl groups excluding tert-OH is 1. The topological polar surface area (TPSA) is 59.8 Å². The van der Waals surface area contributed by atoms with Gasteiger partial charge in [-0.05, 0) is 56.8 Å². The van der Waals surface area contributed by atoms with Crippen molar-refractivity contribution in [2.45, 2.75) is 58.2 Å². The predicted molar refractivity (Wildman–Crippen MR) is 112 cm³/mol. The fourth-order valence-corrected chi connectivity index (χ4v) is 4.97. The van der Waals surface area contributed by atoms with Crippen molar-refractivity contribution in [2.75, 3.05) is 26.3 Å². The SMILES string of the molecule is CCOc1cc(CN2CCC[C@]3(CCC[C@H]3O)C2)ccc1OCCn1ccnc1. The molecule has 0 bridgehead atoms. The van der Waals surface area contributed by atoms with Crippen molar-refractivity contribution in [3.63, 3.8) is 0 Å². The van der Waals surface area contributed by atoms with E-state index in [-0.39, 0.29) is 11.5 Å². The molecule has 29 heavy (non-hydrogen) atoms. The van der Waals surface area contributed by atoms with Crippen LogP contribution in [0, 0.1) is 5.41 Å². The Morgan fingerprint density at radius 3 is 2.86 bits per heavy atom. The van der Waals surface area contributed by atoms with Crippen LogP contribution in [-0.2, 0) is 13.1 Å². The summed E-state index contributed by atoms with van der Waals surface area (Å²) < 4.78 is 13.8. The molecule has 158 valence electrons. The van der Waals surface area contributed by atoms with Gasteiger partial charge in [0.15, 0.2) is 11.5 Å². The maximum atomic E-state index is 10.5. The zero-order chi connectivity index (χ0) is 20.1. The van der Waals surface area contributed by atoms with Crippen LogP contribution < -0.4 is 9.47 Å². The third kappa shape index (κ3) is 4.75. The fourth-order valence-electron chi connectivity index (χ4n) is 4.97. The first kappa shape index (κ1) is 20.2. The largest absolute Gasteiger partial charge is 0.490 e. The molecule has 1 aromatic carbocycles. The van der Waals surface area contributed by atoms with Crippen molar-refractivity contribution in [1.82, 2.24) is 14.5 Å². The lowest BCUT2D eigenvalue weighted by Crippen LogP contribution is -2.46. The van der Waals surface area contributed by atoms with Gasteiger partial charge in [0, 0.05) is 30.9 Å². The highest BCUT2D eigenvalue weighted by Gasteiger charge is 2.44. The van der Waals surface area contributed by atoms with Crippen LogP contribution in [-0.4, -0.2) is 52.0 Å². The molecule has 1 aliphatic carbocycles. The number of benzene rings is 1. The summed E-state index contributed by atoms with van der Waals surface area (Å²) in [5, 5.41) is 10.5. The van der Waals surface area contributed by atoms with Crippen LogP contribution in [0.2, 0.25) is 0 Å². The number of likely N-dealkylation sites (tertiary alicyclic amines) is 1. The van der Waals surface area contributed by atoms with E-state index in [0.29, 0.717) is 13.2 Å². The Bertz CT molecular complexity index is 780. The maximum Gasteiger partial charge on any atom is 0.161 e. The molecule has 0 amide bonds. The van der Waals surface area contributed by atoms with E-state index >= 15 is 0 Å². The number of imidazole rings is 1.